The second-order valence-corrected chi connectivity index (χ2v) is 7.98. The Morgan fingerprint density at radius 2 is 1.43 bits per heavy atom. The van der Waals surface area contributed by atoms with Crippen LogP contribution in [-0.4, -0.2) is 17.0 Å². The minimum atomic E-state index is -1.18. The van der Waals surface area contributed by atoms with Crippen molar-refractivity contribution in [3.8, 4) is 0 Å². The molecule has 0 bridgehead atoms. The van der Waals surface area contributed by atoms with Gasteiger partial charge in [0, 0.05) is 17.4 Å². The standard InChI is InChI=1S/C23H18Cl3NO3/c24-17-9-6-15(7-10-17)22(23(29)30)27-21(28)13-18(14-4-2-1-3-5-14)16-8-11-19(25)20(26)12-16/h1-12,18,22H,13H2,(H,27,28)(H,29,30)/t18?,22-/m0/s1. The Morgan fingerprint density at radius 1 is 0.800 bits per heavy atom. The molecular weight excluding hydrogens is 445 g/mol. The number of carbonyl (C=O) groups is 2. The molecule has 0 aromatic heterocycles. The number of nitrogens with one attached hydrogen (secondary N) is 1. The van der Waals surface area contributed by atoms with Gasteiger partial charge in [-0.2, -0.15) is 0 Å². The molecule has 4 nitrogen and oxygen atoms in total. The van der Waals surface area contributed by atoms with Crippen molar-refractivity contribution in [1.82, 2.24) is 5.32 Å². The molecule has 0 saturated carbocycles. The van der Waals surface area contributed by atoms with E-state index in [0.29, 0.717) is 20.6 Å². The lowest BCUT2D eigenvalue weighted by Gasteiger charge is -2.21. The summed E-state index contributed by atoms with van der Waals surface area (Å²) in [5.41, 5.74) is 2.15. The molecule has 0 aliphatic heterocycles. The average Bonchev–Trinajstić information content (AvgIpc) is 2.73. The van der Waals surface area contributed by atoms with Gasteiger partial charge in [-0.05, 0) is 41.0 Å². The summed E-state index contributed by atoms with van der Waals surface area (Å²) in [4.78, 5) is 24.6. The van der Waals surface area contributed by atoms with E-state index in [1.807, 2.05) is 36.4 Å². The highest BCUT2D eigenvalue weighted by molar-refractivity contribution is 6.42. The molecule has 3 aromatic rings. The molecule has 0 radical (unpaired) electrons. The van der Waals surface area contributed by atoms with Gasteiger partial charge in [0.1, 0.15) is 0 Å². The molecule has 1 unspecified atom stereocenters. The Bertz CT molecular complexity index is 1040. The quantitative estimate of drug-likeness (QED) is 0.445. The first-order valence-corrected chi connectivity index (χ1v) is 10.3. The molecular formula is C23H18Cl3NO3. The number of carboxylic acid groups (broad SMARTS) is 1. The molecule has 30 heavy (non-hydrogen) atoms. The number of hydrogen-bond acceptors (Lipinski definition) is 2. The van der Waals surface area contributed by atoms with Crippen LogP contribution in [0.2, 0.25) is 15.1 Å². The van der Waals surface area contributed by atoms with E-state index in [2.05, 4.69) is 5.32 Å². The highest BCUT2D eigenvalue weighted by Crippen LogP contribution is 2.32. The molecule has 2 N–H and O–H groups in total. The third-order valence-corrected chi connectivity index (χ3v) is 5.68. The second kappa shape index (κ2) is 9.98. The third-order valence-electron chi connectivity index (χ3n) is 4.69. The summed E-state index contributed by atoms with van der Waals surface area (Å²) < 4.78 is 0. The molecule has 0 spiro atoms. The molecule has 0 saturated heterocycles. The SMILES string of the molecule is O=C(CC(c1ccccc1)c1ccc(Cl)c(Cl)c1)N[C@H](C(=O)O)c1ccc(Cl)cc1. The monoisotopic (exact) mass is 461 g/mol. The van der Waals surface area contributed by atoms with E-state index >= 15 is 0 Å². The van der Waals surface area contributed by atoms with Gasteiger partial charge in [0.15, 0.2) is 6.04 Å². The van der Waals surface area contributed by atoms with Crippen molar-refractivity contribution in [2.45, 2.75) is 18.4 Å². The first-order chi connectivity index (χ1) is 14.3. The lowest BCUT2D eigenvalue weighted by atomic mass is 9.88. The predicted octanol–water partition coefficient (Wildman–Crippen LogP) is 6.11. The number of benzene rings is 3. The minimum absolute atomic E-state index is 0.0410. The molecule has 2 atom stereocenters. The van der Waals surface area contributed by atoms with Crippen LogP contribution in [0, 0.1) is 0 Å². The summed E-state index contributed by atoms with van der Waals surface area (Å²) in [6.07, 6.45) is 0.0410. The van der Waals surface area contributed by atoms with Gasteiger partial charge in [-0.25, -0.2) is 4.79 Å². The van der Waals surface area contributed by atoms with Crippen LogP contribution < -0.4 is 5.32 Å². The summed E-state index contributed by atoms with van der Waals surface area (Å²) in [5, 5.41) is 13.5. The first kappa shape index (κ1) is 22.2. The van der Waals surface area contributed by atoms with Gasteiger partial charge < -0.3 is 10.4 Å². The highest BCUT2D eigenvalue weighted by atomic mass is 35.5. The Balaban J connectivity index is 1.86. The van der Waals surface area contributed by atoms with Crippen LogP contribution in [-0.2, 0) is 9.59 Å². The Morgan fingerprint density at radius 3 is 2.03 bits per heavy atom. The van der Waals surface area contributed by atoms with Crippen LogP contribution in [0.25, 0.3) is 0 Å². The van der Waals surface area contributed by atoms with Crippen LogP contribution in [0.1, 0.15) is 35.1 Å². The summed E-state index contributed by atoms with van der Waals surface area (Å²) in [6, 6.07) is 19.8. The van der Waals surface area contributed by atoms with Gasteiger partial charge in [0.25, 0.3) is 0 Å². The summed E-state index contributed by atoms with van der Waals surface area (Å²) in [5.74, 6) is -1.88. The van der Waals surface area contributed by atoms with E-state index in [4.69, 9.17) is 34.8 Å². The van der Waals surface area contributed by atoms with Gasteiger partial charge in [0.05, 0.1) is 10.0 Å². The Kier molecular flexibility index (Phi) is 7.38. The molecule has 0 fully saturated rings. The summed E-state index contributed by atoms with van der Waals surface area (Å²) in [7, 11) is 0. The molecule has 3 rings (SSSR count). The van der Waals surface area contributed by atoms with Crippen LogP contribution in [0.5, 0.6) is 0 Å². The van der Waals surface area contributed by atoms with E-state index in [9.17, 15) is 14.7 Å². The smallest absolute Gasteiger partial charge is 0.330 e. The van der Waals surface area contributed by atoms with Crippen molar-refractivity contribution in [3.05, 3.63) is 105 Å². The van der Waals surface area contributed by atoms with Gasteiger partial charge in [-0.1, -0.05) is 83.3 Å². The second-order valence-electron chi connectivity index (χ2n) is 6.73. The predicted molar refractivity (Wildman–Crippen MR) is 119 cm³/mol. The van der Waals surface area contributed by atoms with Crippen LogP contribution in [0.3, 0.4) is 0 Å². The highest BCUT2D eigenvalue weighted by Gasteiger charge is 2.25. The molecule has 0 aliphatic carbocycles. The molecule has 0 heterocycles. The van der Waals surface area contributed by atoms with Gasteiger partial charge >= 0.3 is 5.97 Å². The van der Waals surface area contributed by atoms with Crippen molar-refractivity contribution in [2.75, 3.05) is 0 Å². The fourth-order valence-corrected chi connectivity index (χ4v) is 3.62. The van der Waals surface area contributed by atoms with E-state index in [0.717, 1.165) is 11.1 Å². The van der Waals surface area contributed by atoms with Gasteiger partial charge in [0.2, 0.25) is 5.91 Å². The first-order valence-electron chi connectivity index (χ1n) is 9.12. The van der Waals surface area contributed by atoms with Gasteiger partial charge in [-0.15, -0.1) is 0 Å². The van der Waals surface area contributed by atoms with Crippen molar-refractivity contribution in [2.24, 2.45) is 0 Å². The lowest BCUT2D eigenvalue weighted by molar-refractivity contribution is -0.142. The molecule has 0 aliphatic rings. The van der Waals surface area contributed by atoms with E-state index < -0.39 is 17.9 Å². The van der Waals surface area contributed by atoms with E-state index in [1.54, 1.807) is 36.4 Å². The number of halogens is 3. The number of carbonyl (C=O) groups excluding carboxylic acids is 1. The molecule has 154 valence electrons. The zero-order valence-corrected chi connectivity index (χ0v) is 18.0. The number of hydrogen-bond donors (Lipinski definition) is 2. The van der Waals surface area contributed by atoms with Crippen molar-refractivity contribution in [3.63, 3.8) is 0 Å². The van der Waals surface area contributed by atoms with Crippen LogP contribution in [0.4, 0.5) is 0 Å². The normalized spacial score (nSPS) is 12.8. The number of aliphatic carboxylic acids is 1. The summed E-state index contributed by atoms with van der Waals surface area (Å²) in [6.45, 7) is 0. The number of amides is 1. The maximum absolute atomic E-state index is 12.8. The summed E-state index contributed by atoms with van der Waals surface area (Å²) >= 11 is 18.1. The molecule has 7 heteroatoms. The van der Waals surface area contributed by atoms with Crippen molar-refractivity contribution < 1.29 is 14.7 Å². The maximum Gasteiger partial charge on any atom is 0.330 e. The van der Waals surface area contributed by atoms with E-state index in [-0.39, 0.29) is 12.3 Å². The van der Waals surface area contributed by atoms with E-state index in [1.165, 1.54) is 0 Å². The minimum Gasteiger partial charge on any atom is -0.479 e. The zero-order chi connectivity index (χ0) is 21.7. The Hall–Kier alpha value is -2.53. The number of rotatable bonds is 7. The number of carboxylic acids is 1. The topological polar surface area (TPSA) is 66.4 Å². The fraction of sp³-hybridized carbons (Fsp3) is 0.130. The molecule has 1 amide bonds. The van der Waals surface area contributed by atoms with Crippen molar-refractivity contribution in [1.29, 1.82) is 0 Å². The maximum atomic E-state index is 12.8. The van der Waals surface area contributed by atoms with Crippen LogP contribution >= 0.6 is 34.8 Å². The van der Waals surface area contributed by atoms with Crippen LogP contribution in [0.15, 0.2) is 72.8 Å². The fourth-order valence-electron chi connectivity index (χ4n) is 3.19. The Labute approximate surface area is 189 Å². The van der Waals surface area contributed by atoms with Crippen molar-refractivity contribution >= 4 is 46.7 Å². The average molecular weight is 463 g/mol. The van der Waals surface area contributed by atoms with Gasteiger partial charge in [-0.3, -0.25) is 4.79 Å². The third kappa shape index (κ3) is 5.54. The lowest BCUT2D eigenvalue weighted by Crippen LogP contribution is -2.34. The largest absolute Gasteiger partial charge is 0.479 e. The zero-order valence-electron chi connectivity index (χ0n) is 15.7. The molecule has 3 aromatic carbocycles.